The molecule has 0 unspecified atom stereocenters. The van der Waals surface area contributed by atoms with Gasteiger partial charge in [0.2, 0.25) is 0 Å². The summed E-state index contributed by atoms with van der Waals surface area (Å²) in [5, 5.41) is 8.80. The fraction of sp³-hybridized carbons (Fsp3) is 0.500. The minimum atomic E-state index is -0.481. The molecule has 3 nitrogen and oxygen atoms in total. The molecule has 3 heteroatoms. The topological polar surface area (TPSA) is 38.7 Å². The van der Waals surface area contributed by atoms with Gasteiger partial charge in [0.1, 0.15) is 6.10 Å². The first-order valence-corrected chi connectivity index (χ1v) is 9.44. The second kappa shape index (κ2) is 10.6. The molecule has 0 amide bonds. The molecular weight excluding hydrogens is 336 g/mol. The number of hydrogen-bond donors (Lipinski definition) is 1. The SMILES string of the molecule is COCC(O)COC.Cc1ccc(C(C)(C)c2ccc(C)c(C)c2)cc1C. The first-order valence-electron chi connectivity index (χ1n) is 9.44. The Morgan fingerprint density at radius 3 is 1.41 bits per heavy atom. The van der Waals surface area contributed by atoms with Gasteiger partial charge in [0, 0.05) is 19.6 Å². The van der Waals surface area contributed by atoms with Crippen molar-refractivity contribution in [2.75, 3.05) is 27.4 Å². The maximum Gasteiger partial charge on any atom is 0.101 e. The maximum absolute atomic E-state index is 8.80. The van der Waals surface area contributed by atoms with Crippen LogP contribution in [0.2, 0.25) is 0 Å². The summed E-state index contributed by atoms with van der Waals surface area (Å²) in [4.78, 5) is 0. The van der Waals surface area contributed by atoms with E-state index < -0.39 is 6.10 Å². The predicted molar refractivity (Wildman–Crippen MR) is 114 cm³/mol. The van der Waals surface area contributed by atoms with E-state index >= 15 is 0 Å². The first kappa shape index (κ1) is 23.4. The highest BCUT2D eigenvalue weighted by Gasteiger charge is 2.23. The van der Waals surface area contributed by atoms with Crippen LogP contribution in [0, 0.1) is 27.7 Å². The third kappa shape index (κ3) is 6.76. The third-order valence-corrected chi connectivity index (χ3v) is 5.18. The molecule has 0 aliphatic rings. The minimum absolute atomic E-state index is 0.0525. The van der Waals surface area contributed by atoms with Crippen LogP contribution in [-0.2, 0) is 14.9 Å². The molecule has 1 N–H and O–H groups in total. The second-order valence-corrected chi connectivity index (χ2v) is 7.79. The van der Waals surface area contributed by atoms with E-state index in [2.05, 4.69) is 87.4 Å². The lowest BCUT2D eigenvalue weighted by Gasteiger charge is -2.27. The molecule has 0 spiro atoms. The largest absolute Gasteiger partial charge is 0.388 e. The Balaban J connectivity index is 0.000000387. The molecule has 0 atom stereocenters. The van der Waals surface area contributed by atoms with E-state index in [0.29, 0.717) is 13.2 Å². The van der Waals surface area contributed by atoms with Gasteiger partial charge in [-0.2, -0.15) is 0 Å². The Bertz CT molecular complexity index is 660. The van der Waals surface area contributed by atoms with Gasteiger partial charge in [-0.15, -0.1) is 0 Å². The van der Waals surface area contributed by atoms with Crippen LogP contribution in [0.5, 0.6) is 0 Å². The zero-order valence-electron chi connectivity index (χ0n) is 18.2. The normalized spacial score (nSPS) is 11.3. The smallest absolute Gasteiger partial charge is 0.101 e. The van der Waals surface area contributed by atoms with Gasteiger partial charge in [-0.1, -0.05) is 50.2 Å². The van der Waals surface area contributed by atoms with Crippen molar-refractivity contribution in [3.8, 4) is 0 Å². The van der Waals surface area contributed by atoms with Gasteiger partial charge in [0.15, 0.2) is 0 Å². The summed E-state index contributed by atoms with van der Waals surface area (Å²) in [5.41, 5.74) is 8.29. The highest BCUT2D eigenvalue weighted by atomic mass is 16.5. The molecule has 2 aromatic rings. The van der Waals surface area contributed by atoms with Crippen LogP contribution in [0.3, 0.4) is 0 Å². The summed E-state index contributed by atoms with van der Waals surface area (Å²) in [6.07, 6.45) is -0.481. The van der Waals surface area contributed by atoms with Crippen LogP contribution in [0.1, 0.15) is 47.2 Å². The molecule has 0 bridgehead atoms. The van der Waals surface area contributed by atoms with Gasteiger partial charge < -0.3 is 14.6 Å². The molecular formula is C24H36O3. The number of hydrogen-bond acceptors (Lipinski definition) is 3. The van der Waals surface area contributed by atoms with E-state index in [1.807, 2.05) is 0 Å². The van der Waals surface area contributed by atoms with Crippen LogP contribution < -0.4 is 0 Å². The predicted octanol–water partition coefficient (Wildman–Crippen LogP) is 4.89. The van der Waals surface area contributed by atoms with E-state index in [1.54, 1.807) is 14.2 Å². The summed E-state index contributed by atoms with van der Waals surface area (Å²) in [7, 11) is 3.08. The van der Waals surface area contributed by atoms with Gasteiger partial charge in [-0.25, -0.2) is 0 Å². The van der Waals surface area contributed by atoms with Crippen molar-refractivity contribution in [3.63, 3.8) is 0 Å². The van der Waals surface area contributed by atoms with Crippen molar-refractivity contribution in [3.05, 3.63) is 69.8 Å². The minimum Gasteiger partial charge on any atom is -0.388 e. The van der Waals surface area contributed by atoms with Crippen molar-refractivity contribution < 1.29 is 14.6 Å². The number of ether oxygens (including phenoxy) is 2. The molecule has 0 heterocycles. The lowest BCUT2D eigenvalue weighted by Crippen LogP contribution is -2.19. The Hall–Kier alpha value is -1.68. The van der Waals surface area contributed by atoms with Crippen LogP contribution in [0.15, 0.2) is 36.4 Å². The highest BCUT2D eigenvalue weighted by molar-refractivity contribution is 5.43. The van der Waals surface area contributed by atoms with Gasteiger partial charge in [0.05, 0.1) is 13.2 Å². The van der Waals surface area contributed by atoms with Crippen molar-refractivity contribution in [1.29, 1.82) is 0 Å². The average Bonchev–Trinajstić information content (AvgIpc) is 2.60. The summed E-state index contributed by atoms with van der Waals surface area (Å²) < 4.78 is 9.25. The summed E-state index contributed by atoms with van der Waals surface area (Å²) in [6, 6.07) is 13.6. The lowest BCUT2D eigenvalue weighted by molar-refractivity contribution is 0.00980. The van der Waals surface area contributed by atoms with E-state index in [4.69, 9.17) is 5.11 Å². The average molecular weight is 373 g/mol. The van der Waals surface area contributed by atoms with Crippen molar-refractivity contribution >= 4 is 0 Å². The van der Waals surface area contributed by atoms with Crippen LogP contribution in [0.4, 0.5) is 0 Å². The highest BCUT2D eigenvalue weighted by Crippen LogP contribution is 2.33. The first-order chi connectivity index (χ1) is 12.6. The Labute approximate surface area is 165 Å². The Morgan fingerprint density at radius 2 is 1.11 bits per heavy atom. The van der Waals surface area contributed by atoms with Gasteiger partial charge in [-0.05, 0) is 61.1 Å². The zero-order valence-corrected chi connectivity index (χ0v) is 18.2. The molecule has 0 aliphatic heterocycles. The van der Waals surface area contributed by atoms with Crippen LogP contribution in [0.25, 0.3) is 0 Å². The maximum atomic E-state index is 8.80. The zero-order chi connectivity index (χ0) is 20.6. The molecule has 0 fully saturated rings. The number of methoxy groups -OCH3 is 2. The monoisotopic (exact) mass is 372 g/mol. The van der Waals surface area contributed by atoms with E-state index in [9.17, 15) is 0 Å². The van der Waals surface area contributed by atoms with E-state index in [1.165, 1.54) is 33.4 Å². The number of rotatable bonds is 6. The lowest BCUT2D eigenvalue weighted by atomic mass is 9.76. The van der Waals surface area contributed by atoms with Crippen LogP contribution in [-0.4, -0.2) is 38.6 Å². The number of aliphatic hydroxyl groups excluding tert-OH is 1. The Morgan fingerprint density at radius 1 is 0.741 bits per heavy atom. The van der Waals surface area contributed by atoms with Gasteiger partial charge >= 0.3 is 0 Å². The van der Waals surface area contributed by atoms with E-state index in [-0.39, 0.29) is 5.41 Å². The van der Waals surface area contributed by atoms with Crippen molar-refractivity contribution in [2.45, 2.75) is 53.1 Å². The quantitative estimate of drug-likeness (QED) is 0.785. The molecule has 2 rings (SSSR count). The Kier molecular flexibility index (Phi) is 9.17. The van der Waals surface area contributed by atoms with Crippen molar-refractivity contribution in [2.24, 2.45) is 0 Å². The molecule has 150 valence electrons. The number of benzene rings is 2. The van der Waals surface area contributed by atoms with Crippen LogP contribution >= 0.6 is 0 Å². The number of aryl methyl sites for hydroxylation is 4. The fourth-order valence-corrected chi connectivity index (χ4v) is 2.86. The summed E-state index contributed by atoms with van der Waals surface area (Å²) >= 11 is 0. The number of aliphatic hydroxyl groups is 1. The van der Waals surface area contributed by atoms with Gasteiger partial charge in [-0.3, -0.25) is 0 Å². The van der Waals surface area contributed by atoms with E-state index in [0.717, 1.165) is 0 Å². The van der Waals surface area contributed by atoms with Gasteiger partial charge in [0.25, 0.3) is 0 Å². The third-order valence-electron chi connectivity index (χ3n) is 5.18. The molecule has 2 aromatic carbocycles. The molecule has 0 saturated carbocycles. The second-order valence-electron chi connectivity index (χ2n) is 7.79. The standard InChI is InChI=1S/C19H24.C5H12O3/c1-13-7-9-17(11-15(13)3)19(5,6)18-10-8-14(2)16(4)12-18;1-7-3-5(6)4-8-2/h7-12H,1-6H3;5-6H,3-4H2,1-2H3. The molecule has 0 aliphatic carbocycles. The molecule has 27 heavy (non-hydrogen) atoms. The van der Waals surface area contributed by atoms with Crippen molar-refractivity contribution in [1.82, 2.24) is 0 Å². The summed E-state index contributed by atoms with van der Waals surface area (Å²) in [6.45, 7) is 14.0. The summed E-state index contributed by atoms with van der Waals surface area (Å²) in [5.74, 6) is 0. The molecule has 0 aromatic heterocycles. The molecule has 0 radical (unpaired) electrons. The molecule has 0 saturated heterocycles. The fourth-order valence-electron chi connectivity index (χ4n) is 2.86.